The van der Waals surface area contributed by atoms with E-state index in [4.69, 9.17) is 34.0 Å². The molecule has 2 aliphatic rings. The van der Waals surface area contributed by atoms with E-state index in [1.165, 1.54) is 46.3 Å². The van der Waals surface area contributed by atoms with Crippen molar-refractivity contribution < 1.29 is 14.7 Å². The van der Waals surface area contributed by atoms with E-state index in [0.717, 1.165) is 60.8 Å². The van der Waals surface area contributed by atoms with E-state index in [-0.39, 0.29) is 5.91 Å². The lowest BCUT2D eigenvalue weighted by atomic mass is 9.95. The first-order valence-corrected chi connectivity index (χ1v) is 20.3. The molecule has 1 amide bonds. The fraction of sp³-hybridized carbons (Fsp3) is 0.217. The lowest BCUT2D eigenvalue weighted by molar-refractivity contribution is 0.0695. The summed E-state index contributed by atoms with van der Waals surface area (Å²) in [7, 11) is 0. The van der Waals surface area contributed by atoms with Crippen LogP contribution in [0.1, 0.15) is 69.7 Å². The quantitative estimate of drug-likeness (QED) is 0.130. The molecule has 0 fully saturated rings. The van der Waals surface area contributed by atoms with Crippen molar-refractivity contribution in [3.8, 4) is 0 Å². The van der Waals surface area contributed by atoms with Gasteiger partial charge >= 0.3 is 5.97 Å². The van der Waals surface area contributed by atoms with Gasteiger partial charge in [0.15, 0.2) is 21.9 Å². The average Bonchev–Trinajstić information content (AvgIpc) is 3.26. The lowest BCUT2D eigenvalue weighted by Gasteiger charge is -2.31. The molecule has 2 aromatic carbocycles. The zero-order valence-corrected chi connectivity index (χ0v) is 35.8. The predicted octanol–water partition coefficient (Wildman–Crippen LogP) is 9.25. The Morgan fingerprint density at radius 3 is 1.49 bits per heavy atom. The number of amides is 1. The van der Waals surface area contributed by atoms with Crippen LogP contribution in [0.25, 0.3) is 11.1 Å². The van der Waals surface area contributed by atoms with Crippen LogP contribution in [0.4, 0.5) is 23.0 Å². The van der Waals surface area contributed by atoms with Gasteiger partial charge in [-0.3, -0.25) is 14.8 Å². The van der Waals surface area contributed by atoms with Gasteiger partial charge in [0.25, 0.3) is 5.91 Å². The zero-order valence-electron chi connectivity index (χ0n) is 34.3. The van der Waals surface area contributed by atoms with Crippen molar-refractivity contribution in [1.82, 2.24) is 29.9 Å². The first kappa shape index (κ1) is 43.9. The van der Waals surface area contributed by atoms with Crippen molar-refractivity contribution in [1.29, 1.82) is 0 Å². The number of rotatable bonds is 7. The molecule has 13 nitrogen and oxygen atoms in total. The van der Waals surface area contributed by atoms with Gasteiger partial charge in [0.05, 0.1) is 5.56 Å². The molecule has 8 rings (SSSR count). The number of aromatic nitrogens is 6. The van der Waals surface area contributed by atoms with Crippen LogP contribution in [0.3, 0.4) is 0 Å². The molecule has 4 N–H and O–H groups in total. The first-order valence-electron chi connectivity index (χ1n) is 19.5. The van der Waals surface area contributed by atoms with Crippen molar-refractivity contribution in [2.24, 2.45) is 0 Å². The summed E-state index contributed by atoms with van der Waals surface area (Å²) in [6.07, 6.45) is 14.8. The van der Waals surface area contributed by atoms with E-state index in [2.05, 4.69) is 71.0 Å². The van der Waals surface area contributed by atoms with Crippen LogP contribution in [0.5, 0.6) is 0 Å². The number of carbonyl (C=O) groups is 2. The van der Waals surface area contributed by atoms with Crippen LogP contribution in [-0.2, 0) is 0 Å². The second-order valence-corrected chi connectivity index (χ2v) is 15.3. The fourth-order valence-corrected chi connectivity index (χ4v) is 7.33. The maximum absolute atomic E-state index is 12.5. The molecule has 0 radical (unpaired) electrons. The molecular weight excluding hydrogens is 811 g/mol. The third-order valence-corrected chi connectivity index (χ3v) is 10.9. The summed E-state index contributed by atoms with van der Waals surface area (Å²) < 4.78 is 0. The summed E-state index contributed by atoms with van der Waals surface area (Å²) in [6.45, 7) is 11.2. The molecule has 6 heterocycles. The minimum Gasteiger partial charge on any atom is -0.478 e. The number of hydrogen-bond acceptors (Lipinski definition) is 11. The second-order valence-electron chi connectivity index (χ2n) is 14.5. The number of benzene rings is 2. The highest BCUT2D eigenvalue weighted by atomic mass is 35.5. The van der Waals surface area contributed by atoms with E-state index in [0.29, 0.717) is 39.4 Å². The number of carboxylic acids is 1. The number of nitrogens with one attached hydrogen (secondary N) is 1. The molecule has 0 saturated heterocycles. The SMILES string of the molecule is CC1=C(c2ccc(N)cc2)CN(c2nccnc2Cl)CC1.CC1=C(c2ccc(NC(=O)c3ccncc3C)cc2)CN(c2nccnc2Cl)CC1.Cc1cnccc1C(=O)O. The number of anilines is 4. The Hall–Kier alpha value is -6.70. The minimum absolute atomic E-state index is 0.140. The van der Waals surface area contributed by atoms with Gasteiger partial charge in [0.2, 0.25) is 0 Å². The number of aromatic carboxylic acids is 1. The van der Waals surface area contributed by atoms with Crippen LogP contribution in [0, 0.1) is 13.8 Å². The van der Waals surface area contributed by atoms with Crippen LogP contribution in [-0.4, -0.2) is 73.1 Å². The van der Waals surface area contributed by atoms with Gasteiger partial charge in [-0.2, -0.15) is 0 Å². The molecule has 0 unspecified atom stereocenters. The largest absolute Gasteiger partial charge is 0.478 e. The van der Waals surface area contributed by atoms with Crippen molar-refractivity contribution in [2.45, 2.75) is 40.5 Å². The fourth-order valence-electron chi connectivity index (χ4n) is 6.88. The van der Waals surface area contributed by atoms with Gasteiger partial charge in [0.1, 0.15) is 0 Å². The summed E-state index contributed by atoms with van der Waals surface area (Å²) in [5.41, 5.74) is 17.4. The normalized spacial score (nSPS) is 13.7. The third kappa shape index (κ3) is 11.3. The summed E-state index contributed by atoms with van der Waals surface area (Å²) >= 11 is 12.4. The highest BCUT2D eigenvalue weighted by Crippen LogP contribution is 2.33. The highest BCUT2D eigenvalue weighted by Gasteiger charge is 2.23. The number of nitrogen functional groups attached to an aromatic ring is 1. The number of carbonyl (C=O) groups excluding carboxylic acids is 1. The second kappa shape index (κ2) is 20.5. The van der Waals surface area contributed by atoms with Crippen LogP contribution in [0.2, 0.25) is 10.3 Å². The van der Waals surface area contributed by atoms with E-state index in [9.17, 15) is 9.59 Å². The van der Waals surface area contributed by atoms with E-state index in [1.54, 1.807) is 50.2 Å². The Morgan fingerprint density at radius 2 is 1.07 bits per heavy atom. The monoisotopic (exact) mass is 856 g/mol. The van der Waals surface area contributed by atoms with Crippen molar-refractivity contribution in [3.63, 3.8) is 0 Å². The van der Waals surface area contributed by atoms with Crippen LogP contribution < -0.4 is 20.9 Å². The Kier molecular flexibility index (Phi) is 14.8. The molecule has 0 bridgehead atoms. The molecule has 61 heavy (non-hydrogen) atoms. The average molecular weight is 858 g/mol. The third-order valence-electron chi connectivity index (χ3n) is 10.4. The van der Waals surface area contributed by atoms with E-state index in [1.807, 2.05) is 43.3 Å². The Morgan fingerprint density at radius 1 is 0.623 bits per heavy atom. The van der Waals surface area contributed by atoms with Crippen molar-refractivity contribution in [3.05, 3.63) is 165 Å². The van der Waals surface area contributed by atoms with Gasteiger partial charge < -0.3 is 26.0 Å². The topological polar surface area (TPSA) is 176 Å². The maximum atomic E-state index is 12.5. The van der Waals surface area contributed by atoms with Gasteiger partial charge in [0, 0.05) is 92.7 Å². The standard InChI is InChI=1S/C23H22ClN5O.C16H17ClN4.C7H7NO2/c1-15-8-12-29(22-21(24)26-10-11-27-22)14-20(15)17-3-5-18(6-4-17)28-23(30)19-7-9-25-13-16(19)2;1-11-6-9-21(16-15(17)19-7-8-20-16)10-14(11)12-2-4-13(18)5-3-12;1-5-4-8-3-2-6(5)7(9)10/h3-7,9-11,13H,8,12,14H2,1-2H3,(H,28,30);2-5,7-8H,6,9-10,18H2,1H3;2-4H,1H3,(H,9,10). The molecular formula is C46H46Cl2N10O3. The lowest BCUT2D eigenvalue weighted by Crippen LogP contribution is -2.31. The summed E-state index contributed by atoms with van der Waals surface area (Å²) in [5.74, 6) is 0.416. The Labute approximate surface area is 365 Å². The van der Waals surface area contributed by atoms with Gasteiger partial charge in [-0.1, -0.05) is 58.6 Å². The summed E-state index contributed by atoms with van der Waals surface area (Å²) in [5, 5.41) is 12.4. The Bertz CT molecular complexity index is 2560. The molecule has 15 heteroatoms. The van der Waals surface area contributed by atoms with Crippen molar-refractivity contribution in [2.75, 3.05) is 47.0 Å². The Balaban J connectivity index is 0.000000173. The molecule has 312 valence electrons. The molecule has 0 aliphatic carbocycles. The molecule has 0 atom stereocenters. The summed E-state index contributed by atoms with van der Waals surface area (Å²) in [4.78, 5) is 52.0. The number of hydrogen-bond donors (Lipinski definition) is 3. The molecule has 6 aromatic rings. The smallest absolute Gasteiger partial charge is 0.336 e. The maximum Gasteiger partial charge on any atom is 0.336 e. The first-order chi connectivity index (χ1) is 29.4. The van der Waals surface area contributed by atoms with Gasteiger partial charge in [-0.05, 0) is 110 Å². The van der Waals surface area contributed by atoms with Gasteiger partial charge in [-0.15, -0.1) is 0 Å². The molecule has 4 aromatic heterocycles. The predicted molar refractivity (Wildman–Crippen MR) is 243 cm³/mol. The number of nitrogens with two attached hydrogens (primary N) is 1. The summed E-state index contributed by atoms with van der Waals surface area (Å²) in [6, 6.07) is 19.1. The number of pyridine rings is 2. The number of halogens is 2. The number of aryl methyl sites for hydroxylation is 2. The molecule has 0 spiro atoms. The van der Waals surface area contributed by atoms with Crippen LogP contribution in [0.15, 0.2) is 121 Å². The molecule has 2 aliphatic heterocycles. The van der Waals surface area contributed by atoms with Crippen LogP contribution >= 0.6 is 23.2 Å². The zero-order chi connectivity index (χ0) is 43.5. The number of nitrogens with zero attached hydrogens (tertiary/aromatic N) is 8. The van der Waals surface area contributed by atoms with E-state index >= 15 is 0 Å². The van der Waals surface area contributed by atoms with E-state index < -0.39 is 5.97 Å². The molecule has 0 saturated carbocycles. The number of carboxylic acid groups (broad SMARTS) is 1. The van der Waals surface area contributed by atoms with Crippen molar-refractivity contribution >= 4 is 69.2 Å². The minimum atomic E-state index is -0.903. The van der Waals surface area contributed by atoms with Gasteiger partial charge in [-0.25, -0.2) is 24.7 Å². The highest BCUT2D eigenvalue weighted by molar-refractivity contribution is 6.32.